The van der Waals surface area contributed by atoms with Crippen molar-refractivity contribution in [2.75, 3.05) is 14.2 Å². The Morgan fingerprint density at radius 2 is 1.72 bits per heavy atom. The fourth-order valence-electron chi connectivity index (χ4n) is 1.83. The zero-order chi connectivity index (χ0) is 13.1. The third-order valence-electron chi connectivity index (χ3n) is 2.71. The molecule has 1 N–H and O–H groups in total. The Labute approximate surface area is 106 Å². The molecule has 0 fully saturated rings. The van der Waals surface area contributed by atoms with Crippen LogP contribution in [-0.2, 0) is 6.42 Å². The van der Waals surface area contributed by atoms with Gasteiger partial charge in [-0.3, -0.25) is 0 Å². The van der Waals surface area contributed by atoms with E-state index in [4.69, 9.17) is 13.9 Å². The lowest BCUT2D eigenvalue weighted by atomic mass is 10.1. The first-order valence-electron chi connectivity index (χ1n) is 5.63. The molecule has 0 unspecified atom stereocenters. The quantitative estimate of drug-likeness (QED) is 0.903. The molecule has 0 radical (unpaired) electrons. The van der Waals surface area contributed by atoms with Crippen LogP contribution in [0.15, 0.2) is 28.7 Å². The largest absolute Gasteiger partial charge is 0.502 e. The van der Waals surface area contributed by atoms with E-state index < -0.39 is 0 Å². The predicted molar refractivity (Wildman–Crippen MR) is 67.5 cm³/mol. The topological polar surface area (TPSA) is 51.8 Å². The maximum absolute atomic E-state index is 9.81. The highest BCUT2D eigenvalue weighted by Crippen LogP contribution is 2.37. The molecule has 4 heteroatoms. The van der Waals surface area contributed by atoms with Crippen LogP contribution in [0.4, 0.5) is 0 Å². The fourth-order valence-corrected chi connectivity index (χ4v) is 1.83. The van der Waals surface area contributed by atoms with Crippen LogP contribution in [-0.4, -0.2) is 19.3 Å². The minimum Gasteiger partial charge on any atom is -0.502 e. The molecule has 0 aliphatic carbocycles. The number of hydrogen-bond donors (Lipinski definition) is 1. The Kier molecular flexibility index (Phi) is 3.46. The van der Waals surface area contributed by atoms with E-state index in [-0.39, 0.29) is 5.75 Å². The monoisotopic (exact) mass is 248 g/mol. The van der Waals surface area contributed by atoms with Crippen molar-refractivity contribution in [1.82, 2.24) is 0 Å². The summed E-state index contributed by atoms with van der Waals surface area (Å²) in [7, 11) is 3.02. The fraction of sp³-hybridized carbons (Fsp3) is 0.286. The van der Waals surface area contributed by atoms with Gasteiger partial charge in [0, 0.05) is 6.42 Å². The van der Waals surface area contributed by atoms with Crippen molar-refractivity contribution in [1.29, 1.82) is 0 Å². The second-order valence-corrected chi connectivity index (χ2v) is 4.04. The third kappa shape index (κ3) is 2.42. The summed E-state index contributed by atoms with van der Waals surface area (Å²) in [6.45, 7) is 1.90. The molecule has 0 aliphatic rings. The molecule has 0 aliphatic heterocycles. The smallest absolute Gasteiger partial charge is 0.200 e. The average molecular weight is 248 g/mol. The Balaban J connectivity index is 2.33. The van der Waals surface area contributed by atoms with Gasteiger partial charge in [0.1, 0.15) is 11.5 Å². The molecular weight excluding hydrogens is 232 g/mol. The molecule has 18 heavy (non-hydrogen) atoms. The molecule has 0 saturated carbocycles. The van der Waals surface area contributed by atoms with Crippen LogP contribution in [0.5, 0.6) is 17.2 Å². The lowest BCUT2D eigenvalue weighted by Crippen LogP contribution is -1.93. The number of phenols is 1. The van der Waals surface area contributed by atoms with E-state index in [0.717, 1.165) is 17.1 Å². The van der Waals surface area contributed by atoms with Gasteiger partial charge in [-0.2, -0.15) is 0 Å². The summed E-state index contributed by atoms with van der Waals surface area (Å²) >= 11 is 0. The van der Waals surface area contributed by atoms with E-state index in [9.17, 15) is 5.11 Å². The Hall–Kier alpha value is -2.10. The number of rotatable bonds is 4. The Bertz CT molecular complexity index is 517. The molecule has 0 atom stereocenters. The molecule has 1 heterocycles. The van der Waals surface area contributed by atoms with Crippen molar-refractivity contribution in [3.63, 3.8) is 0 Å². The van der Waals surface area contributed by atoms with Crippen LogP contribution in [0.1, 0.15) is 17.1 Å². The highest BCUT2D eigenvalue weighted by atomic mass is 16.5. The molecule has 1 aromatic heterocycles. The maximum Gasteiger partial charge on any atom is 0.200 e. The summed E-state index contributed by atoms with van der Waals surface area (Å²) in [5.41, 5.74) is 0.954. The number of hydrogen-bond acceptors (Lipinski definition) is 4. The standard InChI is InChI=1S/C14H16O4/c1-9-4-5-11(18-9)6-10-7-12(16-2)14(15)13(8-10)17-3/h4-5,7-8,15H,6H2,1-3H3. The molecule has 0 amide bonds. The highest BCUT2D eigenvalue weighted by molar-refractivity contribution is 5.53. The molecule has 2 aromatic rings. The van der Waals surface area contributed by atoms with E-state index in [1.165, 1.54) is 14.2 Å². The highest BCUT2D eigenvalue weighted by Gasteiger charge is 2.12. The third-order valence-corrected chi connectivity index (χ3v) is 2.71. The molecule has 0 saturated heterocycles. The van der Waals surface area contributed by atoms with Gasteiger partial charge in [0.25, 0.3) is 0 Å². The van der Waals surface area contributed by atoms with Gasteiger partial charge >= 0.3 is 0 Å². The van der Waals surface area contributed by atoms with Gasteiger partial charge in [0.2, 0.25) is 5.75 Å². The number of furan rings is 1. The van der Waals surface area contributed by atoms with Crippen molar-refractivity contribution >= 4 is 0 Å². The summed E-state index contributed by atoms with van der Waals surface area (Å²) in [4.78, 5) is 0. The minimum atomic E-state index is 0.0133. The van der Waals surface area contributed by atoms with Gasteiger partial charge in [-0.15, -0.1) is 0 Å². The van der Waals surface area contributed by atoms with E-state index in [1.54, 1.807) is 12.1 Å². The Morgan fingerprint density at radius 1 is 1.11 bits per heavy atom. The summed E-state index contributed by atoms with van der Waals surface area (Å²) in [6.07, 6.45) is 0.626. The first kappa shape index (κ1) is 12.4. The second kappa shape index (κ2) is 5.04. The molecular formula is C14H16O4. The number of ether oxygens (including phenoxy) is 2. The average Bonchev–Trinajstić information content (AvgIpc) is 2.76. The van der Waals surface area contributed by atoms with E-state index in [1.807, 2.05) is 19.1 Å². The Morgan fingerprint density at radius 3 is 2.17 bits per heavy atom. The van der Waals surface area contributed by atoms with E-state index in [2.05, 4.69) is 0 Å². The predicted octanol–water partition coefficient (Wildman–Crippen LogP) is 2.90. The van der Waals surface area contributed by atoms with E-state index in [0.29, 0.717) is 17.9 Å². The first-order valence-corrected chi connectivity index (χ1v) is 5.63. The summed E-state index contributed by atoms with van der Waals surface area (Å²) in [5.74, 6) is 2.55. The maximum atomic E-state index is 9.81. The molecule has 4 nitrogen and oxygen atoms in total. The number of benzene rings is 1. The first-order chi connectivity index (χ1) is 8.63. The number of phenolic OH excluding ortho intramolecular Hbond substituents is 1. The molecule has 2 rings (SSSR count). The summed E-state index contributed by atoms with van der Waals surface area (Å²) < 4.78 is 15.7. The van der Waals surface area contributed by atoms with Gasteiger partial charge in [-0.25, -0.2) is 0 Å². The van der Waals surface area contributed by atoms with Crippen LogP contribution in [0.2, 0.25) is 0 Å². The SMILES string of the molecule is COc1cc(Cc2ccc(C)o2)cc(OC)c1O. The minimum absolute atomic E-state index is 0.0133. The molecule has 96 valence electrons. The van der Waals surface area contributed by atoms with Gasteiger partial charge < -0.3 is 19.0 Å². The normalized spacial score (nSPS) is 10.4. The zero-order valence-corrected chi connectivity index (χ0v) is 10.7. The zero-order valence-electron chi connectivity index (χ0n) is 10.7. The van der Waals surface area contributed by atoms with Gasteiger partial charge in [-0.1, -0.05) is 0 Å². The van der Waals surface area contributed by atoms with Crippen molar-refractivity contribution in [3.8, 4) is 17.2 Å². The molecule has 0 spiro atoms. The van der Waals surface area contributed by atoms with Crippen LogP contribution >= 0.6 is 0 Å². The summed E-state index contributed by atoms with van der Waals surface area (Å²) in [5, 5.41) is 9.81. The lowest BCUT2D eigenvalue weighted by molar-refractivity contribution is 0.339. The molecule has 1 aromatic carbocycles. The molecule has 0 bridgehead atoms. The van der Waals surface area contributed by atoms with Gasteiger partial charge in [-0.05, 0) is 36.8 Å². The van der Waals surface area contributed by atoms with E-state index >= 15 is 0 Å². The van der Waals surface area contributed by atoms with Gasteiger partial charge in [0.05, 0.1) is 14.2 Å². The van der Waals surface area contributed by atoms with Crippen LogP contribution in [0.25, 0.3) is 0 Å². The van der Waals surface area contributed by atoms with Crippen molar-refractivity contribution in [2.24, 2.45) is 0 Å². The number of aryl methyl sites for hydroxylation is 1. The van der Waals surface area contributed by atoms with Crippen LogP contribution < -0.4 is 9.47 Å². The van der Waals surface area contributed by atoms with Crippen molar-refractivity contribution < 1.29 is 19.0 Å². The van der Waals surface area contributed by atoms with Crippen LogP contribution in [0.3, 0.4) is 0 Å². The van der Waals surface area contributed by atoms with Crippen molar-refractivity contribution in [2.45, 2.75) is 13.3 Å². The summed E-state index contributed by atoms with van der Waals surface area (Å²) in [6, 6.07) is 7.40. The number of aromatic hydroxyl groups is 1. The van der Waals surface area contributed by atoms with Gasteiger partial charge in [0.15, 0.2) is 11.5 Å². The van der Waals surface area contributed by atoms with Crippen molar-refractivity contribution in [3.05, 3.63) is 41.3 Å². The van der Waals surface area contributed by atoms with Crippen LogP contribution in [0, 0.1) is 6.92 Å². The second-order valence-electron chi connectivity index (χ2n) is 4.04. The number of methoxy groups -OCH3 is 2. The lowest BCUT2D eigenvalue weighted by Gasteiger charge is -2.10.